The summed E-state index contributed by atoms with van der Waals surface area (Å²) in [4.78, 5) is 11.2. The third-order valence-electron chi connectivity index (χ3n) is 2.71. The van der Waals surface area contributed by atoms with Crippen molar-refractivity contribution in [3.8, 4) is 0 Å². The number of hydrogen-bond donors (Lipinski definition) is 2. The van der Waals surface area contributed by atoms with Gasteiger partial charge in [-0.2, -0.15) is 0 Å². The highest BCUT2D eigenvalue weighted by Gasteiger charge is 2.08. The average molecular weight is 250 g/mol. The summed E-state index contributed by atoms with van der Waals surface area (Å²) in [5, 5.41) is 3.09. The maximum absolute atomic E-state index is 11.2. The number of nitrogens with two attached hydrogens (primary N) is 1. The SMILES string of the molecule is CCOC(=O)CNCC(CN)Cc1ccccc1. The van der Waals surface area contributed by atoms with Crippen molar-refractivity contribution < 1.29 is 9.53 Å². The molecule has 0 aliphatic heterocycles. The molecule has 0 aromatic heterocycles. The van der Waals surface area contributed by atoms with Crippen LogP contribution in [0.15, 0.2) is 30.3 Å². The van der Waals surface area contributed by atoms with Crippen molar-refractivity contribution in [2.24, 2.45) is 11.7 Å². The van der Waals surface area contributed by atoms with Gasteiger partial charge in [-0.25, -0.2) is 0 Å². The summed E-state index contributed by atoms with van der Waals surface area (Å²) in [6.45, 7) is 3.80. The second-order valence-electron chi connectivity index (χ2n) is 4.23. The second kappa shape index (κ2) is 8.66. The number of rotatable bonds is 8. The summed E-state index contributed by atoms with van der Waals surface area (Å²) in [6, 6.07) is 10.2. The second-order valence-corrected chi connectivity index (χ2v) is 4.23. The number of carbonyl (C=O) groups is 1. The Balaban J connectivity index is 2.28. The maximum Gasteiger partial charge on any atom is 0.319 e. The van der Waals surface area contributed by atoms with E-state index in [0.717, 1.165) is 13.0 Å². The van der Waals surface area contributed by atoms with Gasteiger partial charge in [-0.1, -0.05) is 30.3 Å². The molecule has 4 nitrogen and oxygen atoms in total. The van der Waals surface area contributed by atoms with Crippen molar-refractivity contribution >= 4 is 5.97 Å². The highest BCUT2D eigenvalue weighted by Crippen LogP contribution is 2.06. The molecule has 1 atom stereocenters. The molecule has 0 saturated heterocycles. The topological polar surface area (TPSA) is 64.3 Å². The summed E-state index contributed by atoms with van der Waals surface area (Å²) in [7, 11) is 0. The number of hydrogen-bond acceptors (Lipinski definition) is 4. The summed E-state index contributed by atoms with van der Waals surface area (Å²) in [6.07, 6.45) is 0.924. The number of esters is 1. The first kappa shape index (κ1) is 14.7. The monoisotopic (exact) mass is 250 g/mol. The molecule has 1 aromatic rings. The van der Waals surface area contributed by atoms with Gasteiger partial charge in [-0.3, -0.25) is 4.79 Å². The zero-order chi connectivity index (χ0) is 13.2. The van der Waals surface area contributed by atoms with Crippen LogP contribution >= 0.6 is 0 Å². The molecule has 18 heavy (non-hydrogen) atoms. The van der Waals surface area contributed by atoms with Gasteiger partial charge in [0.25, 0.3) is 0 Å². The summed E-state index contributed by atoms with van der Waals surface area (Å²) >= 11 is 0. The Hall–Kier alpha value is -1.39. The molecule has 1 aromatic carbocycles. The van der Waals surface area contributed by atoms with Crippen LogP contribution in [0.25, 0.3) is 0 Å². The highest BCUT2D eigenvalue weighted by atomic mass is 16.5. The van der Waals surface area contributed by atoms with Gasteiger partial charge in [-0.05, 0) is 31.4 Å². The van der Waals surface area contributed by atoms with Gasteiger partial charge in [0.2, 0.25) is 0 Å². The molecule has 0 aliphatic carbocycles. The van der Waals surface area contributed by atoms with Gasteiger partial charge < -0.3 is 15.8 Å². The predicted molar refractivity (Wildman–Crippen MR) is 72.2 cm³/mol. The van der Waals surface area contributed by atoms with E-state index in [9.17, 15) is 4.79 Å². The molecule has 100 valence electrons. The van der Waals surface area contributed by atoms with Gasteiger partial charge in [0.05, 0.1) is 13.2 Å². The van der Waals surface area contributed by atoms with Gasteiger partial charge >= 0.3 is 5.97 Å². The van der Waals surface area contributed by atoms with Gasteiger partial charge in [0.15, 0.2) is 0 Å². The smallest absolute Gasteiger partial charge is 0.319 e. The minimum atomic E-state index is -0.215. The van der Waals surface area contributed by atoms with Crippen molar-refractivity contribution in [1.29, 1.82) is 0 Å². The summed E-state index contributed by atoms with van der Waals surface area (Å²) in [5.74, 6) is 0.120. The van der Waals surface area contributed by atoms with Gasteiger partial charge in [-0.15, -0.1) is 0 Å². The Kier molecular flexibility index (Phi) is 7.06. The first-order chi connectivity index (χ1) is 8.76. The largest absolute Gasteiger partial charge is 0.465 e. The van der Waals surface area contributed by atoms with E-state index < -0.39 is 0 Å². The molecule has 0 fully saturated rings. The lowest BCUT2D eigenvalue weighted by molar-refractivity contribution is -0.142. The third-order valence-corrected chi connectivity index (χ3v) is 2.71. The zero-order valence-electron chi connectivity index (χ0n) is 10.9. The molecule has 0 spiro atoms. The van der Waals surface area contributed by atoms with Crippen LogP contribution < -0.4 is 11.1 Å². The molecule has 0 bridgehead atoms. The van der Waals surface area contributed by atoms with Crippen LogP contribution in [0.4, 0.5) is 0 Å². The van der Waals surface area contributed by atoms with Crippen molar-refractivity contribution in [1.82, 2.24) is 5.32 Å². The minimum absolute atomic E-state index is 0.215. The maximum atomic E-state index is 11.2. The standard InChI is InChI=1S/C14H22N2O2/c1-2-18-14(17)11-16-10-13(9-15)8-12-6-4-3-5-7-12/h3-7,13,16H,2,8-11,15H2,1H3. The predicted octanol–water partition coefficient (Wildman–Crippen LogP) is 0.957. The van der Waals surface area contributed by atoms with Crippen LogP contribution in [0, 0.1) is 5.92 Å². The van der Waals surface area contributed by atoms with Crippen LogP contribution in [0.5, 0.6) is 0 Å². The van der Waals surface area contributed by atoms with Crippen LogP contribution in [0.2, 0.25) is 0 Å². The molecular weight excluding hydrogens is 228 g/mol. The fraction of sp³-hybridized carbons (Fsp3) is 0.500. The third kappa shape index (κ3) is 5.80. The molecule has 0 aliphatic rings. The number of nitrogens with one attached hydrogen (secondary N) is 1. The molecule has 1 rings (SSSR count). The van der Waals surface area contributed by atoms with E-state index in [1.54, 1.807) is 6.92 Å². The molecule has 0 amide bonds. The number of ether oxygens (including phenoxy) is 1. The Labute approximate surface area is 109 Å². The zero-order valence-corrected chi connectivity index (χ0v) is 10.9. The van der Waals surface area contributed by atoms with E-state index >= 15 is 0 Å². The van der Waals surface area contributed by atoms with Crippen LogP contribution in [0.3, 0.4) is 0 Å². The van der Waals surface area contributed by atoms with Crippen LogP contribution in [0.1, 0.15) is 12.5 Å². The molecule has 3 N–H and O–H groups in total. The lowest BCUT2D eigenvalue weighted by atomic mass is 9.99. The van der Waals surface area contributed by atoms with Gasteiger partial charge in [0.1, 0.15) is 0 Å². The molecule has 0 saturated carbocycles. The van der Waals surface area contributed by atoms with E-state index in [4.69, 9.17) is 10.5 Å². The normalized spacial score (nSPS) is 12.1. The first-order valence-electron chi connectivity index (χ1n) is 6.36. The molecule has 0 heterocycles. The Morgan fingerprint density at radius 3 is 2.72 bits per heavy atom. The van der Waals surface area contributed by atoms with Crippen molar-refractivity contribution in [2.75, 3.05) is 26.2 Å². The minimum Gasteiger partial charge on any atom is -0.465 e. The lowest BCUT2D eigenvalue weighted by Crippen LogP contribution is -2.33. The van der Waals surface area contributed by atoms with E-state index in [-0.39, 0.29) is 12.5 Å². The molecule has 4 heteroatoms. The Bertz CT molecular complexity index is 341. The fourth-order valence-corrected chi connectivity index (χ4v) is 1.78. The molecular formula is C14H22N2O2. The average Bonchev–Trinajstić information content (AvgIpc) is 2.39. The van der Waals surface area contributed by atoms with Crippen molar-refractivity contribution in [3.63, 3.8) is 0 Å². The van der Waals surface area contributed by atoms with E-state index in [0.29, 0.717) is 19.1 Å². The van der Waals surface area contributed by atoms with Crippen LogP contribution in [-0.4, -0.2) is 32.2 Å². The first-order valence-corrected chi connectivity index (χ1v) is 6.36. The van der Waals surface area contributed by atoms with Gasteiger partial charge in [0, 0.05) is 6.54 Å². The Morgan fingerprint density at radius 1 is 1.39 bits per heavy atom. The summed E-state index contributed by atoms with van der Waals surface area (Å²) < 4.78 is 4.84. The summed E-state index contributed by atoms with van der Waals surface area (Å²) in [5.41, 5.74) is 7.01. The molecule has 1 unspecified atom stereocenters. The fourth-order valence-electron chi connectivity index (χ4n) is 1.78. The van der Waals surface area contributed by atoms with E-state index in [1.165, 1.54) is 5.56 Å². The van der Waals surface area contributed by atoms with Crippen LogP contribution in [-0.2, 0) is 16.0 Å². The lowest BCUT2D eigenvalue weighted by Gasteiger charge is -2.15. The number of benzene rings is 1. The van der Waals surface area contributed by atoms with E-state index in [1.807, 2.05) is 18.2 Å². The number of carbonyl (C=O) groups excluding carboxylic acids is 1. The van der Waals surface area contributed by atoms with Crippen molar-refractivity contribution in [3.05, 3.63) is 35.9 Å². The van der Waals surface area contributed by atoms with E-state index in [2.05, 4.69) is 17.4 Å². The Morgan fingerprint density at radius 2 is 2.11 bits per heavy atom. The molecule has 0 radical (unpaired) electrons. The highest BCUT2D eigenvalue weighted by molar-refractivity contribution is 5.71. The van der Waals surface area contributed by atoms with Crippen molar-refractivity contribution in [2.45, 2.75) is 13.3 Å². The quantitative estimate of drug-likeness (QED) is 0.674.